The van der Waals surface area contributed by atoms with Crippen molar-refractivity contribution < 1.29 is 22.3 Å². The van der Waals surface area contributed by atoms with Crippen molar-refractivity contribution in [2.75, 3.05) is 13.2 Å². The van der Waals surface area contributed by atoms with Crippen LogP contribution in [0.2, 0.25) is 5.02 Å². The molecule has 0 amide bonds. The zero-order chi connectivity index (χ0) is 14.5. The Balaban J connectivity index is 2.55. The van der Waals surface area contributed by atoms with Crippen molar-refractivity contribution in [1.29, 1.82) is 0 Å². The lowest BCUT2D eigenvalue weighted by Gasteiger charge is -2.19. The Labute approximate surface area is 112 Å². The molecule has 0 aliphatic rings. The molecule has 0 radical (unpaired) electrons. The molecule has 0 saturated carbocycles. The van der Waals surface area contributed by atoms with Gasteiger partial charge in [-0.15, -0.1) is 0 Å². The second kappa shape index (κ2) is 7.04. The minimum absolute atomic E-state index is 0.279. The number of hydrazine groups is 1. The van der Waals surface area contributed by atoms with Gasteiger partial charge in [-0.1, -0.05) is 23.7 Å². The zero-order valence-corrected chi connectivity index (χ0v) is 10.5. The largest absolute Gasteiger partial charge is 0.373 e. The third kappa shape index (κ3) is 4.94. The van der Waals surface area contributed by atoms with Gasteiger partial charge >= 0.3 is 12.3 Å². The molecule has 0 spiro atoms. The summed E-state index contributed by atoms with van der Waals surface area (Å²) in [5.41, 5.74) is 2.95. The molecule has 0 aliphatic carbocycles. The minimum atomic E-state index is -4.17. The maximum atomic E-state index is 12.6. The summed E-state index contributed by atoms with van der Waals surface area (Å²) in [6, 6.07) is 5.89. The third-order valence-electron chi connectivity index (χ3n) is 2.35. The lowest BCUT2D eigenvalue weighted by atomic mass is 10.1. The molecule has 0 fully saturated rings. The number of halogens is 5. The molecule has 0 aromatic heterocycles. The van der Waals surface area contributed by atoms with E-state index in [1.54, 1.807) is 24.3 Å². The van der Waals surface area contributed by atoms with Crippen LogP contribution in [0.4, 0.5) is 17.6 Å². The monoisotopic (exact) mass is 300 g/mol. The van der Waals surface area contributed by atoms with Crippen molar-refractivity contribution in [3.63, 3.8) is 0 Å². The second-order valence-electron chi connectivity index (χ2n) is 3.85. The Morgan fingerprint density at radius 1 is 1.37 bits per heavy atom. The summed E-state index contributed by atoms with van der Waals surface area (Å²) in [6.45, 7) is -1.65. The molecule has 0 bridgehead atoms. The Hall–Kier alpha value is -0.890. The Morgan fingerprint density at radius 3 is 2.58 bits per heavy atom. The first-order chi connectivity index (χ1) is 8.86. The van der Waals surface area contributed by atoms with E-state index >= 15 is 0 Å². The number of hydrogen-bond donors (Lipinski definition) is 2. The molecule has 3 nitrogen and oxygen atoms in total. The van der Waals surface area contributed by atoms with Crippen molar-refractivity contribution in [2.45, 2.75) is 18.4 Å². The summed E-state index contributed by atoms with van der Waals surface area (Å²) in [5, 5.41) is 0.440. The van der Waals surface area contributed by atoms with Gasteiger partial charge in [0.2, 0.25) is 0 Å². The van der Waals surface area contributed by atoms with Crippen LogP contribution < -0.4 is 11.3 Å². The molecular weight excluding hydrogens is 288 g/mol. The van der Waals surface area contributed by atoms with E-state index in [-0.39, 0.29) is 6.61 Å². The SMILES string of the molecule is NNC(COCC(F)(F)C(F)F)c1cccc(Cl)c1. The predicted molar refractivity (Wildman–Crippen MR) is 63.3 cm³/mol. The van der Waals surface area contributed by atoms with Gasteiger partial charge in [-0.05, 0) is 17.7 Å². The molecule has 19 heavy (non-hydrogen) atoms. The number of nitrogens with two attached hydrogens (primary N) is 1. The van der Waals surface area contributed by atoms with Crippen molar-refractivity contribution in [3.8, 4) is 0 Å². The highest BCUT2D eigenvalue weighted by Crippen LogP contribution is 2.24. The number of hydrogen-bond acceptors (Lipinski definition) is 3. The first-order valence-corrected chi connectivity index (χ1v) is 5.70. The third-order valence-corrected chi connectivity index (χ3v) is 2.59. The van der Waals surface area contributed by atoms with Gasteiger partial charge in [0.1, 0.15) is 6.61 Å². The van der Waals surface area contributed by atoms with Crippen LogP contribution in [-0.2, 0) is 4.74 Å². The first-order valence-electron chi connectivity index (χ1n) is 5.32. The van der Waals surface area contributed by atoms with Crippen molar-refractivity contribution in [3.05, 3.63) is 34.9 Å². The molecule has 1 atom stereocenters. The fourth-order valence-corrected chi connectivity index (χ4v) is 1.54. The molecule has 1 unspecified atom stereocenters. The molecular formula is C11H13ClF4N2O. The maximum Gasteiger partial charge on any atom is 0.330 e. The molecule has 0 aliphatic heterocycles. The van der Waals surface area contributed by atoms with E-state index in [2.05, 4.69) is 10.2 Å². The molecule has 1 rings (SSSR count). The molecule has 3 N–H and O–H groups in total. The van der Waals surface area contributed by atoms with Crippen LogP contribution >= 0.6 is 11.6 Å². The van der Waals surface area contributed by atoms with Gasteiger partial charge in [-0.25, -0.2) is 8.78 Å². The van der Waals surface area contributed by atoms with Gasteiger partial charge in [-0.3, -0.25) is 11.3 Å². The summed E-state index contributed by atoms with van der Waals surface area (Å²) in [5.74, 6) is 1.08. The average Bonchev–Trinajstić information content (AvgIpc) is 2.34. The summed E-state index contributed by atoms with van der Waals surface area (Å²) >= 11 is 5.77. The Kier molecular flexibility index (Phi) is 5.99. The van der Waals surface area contributed by atoms with Crippen LogP contribution in [0.25, 0.3) is 0 Å². The topological polar surface area (TPSA) is 47.3 Å². The van der Waals surface area contributed by atoms with Gasteiger partial charge in [0.25, 0.3) is 0 Å². The van der Waals surface area contributed by atoms with Crippen LogP contribution in [0.1, 0.15) is 11.6 Å². The van der Waals surface area contributed by atoms with E-state index < -0.39 is 25.0 Å². The summed E-state index contributed by atoms with van der Waals surface area (Å²) in [4.78, 5) is 0. The van der Waals surface area contributed by atoms with E-state index in [4.69, 9.17) is 17.4 Å². The Bertz CT molecular complexity index is 406. The van der Waals surface area contributed by atoms with Gasteiger partial charge in [0.05, 0.1) is 12.6 Å². The van der Waals surface area contributed by atoms with E-state index in [9.17, 15) is 17.6 Å². The van der Waals surface area contributed by atoms with Crippen molar-refractivity contribution in [1.82, 2.24) is 5.43 Å². The number of rotatable bonds is 7. The van der Waals surface area contributed by atoms with E-state index in [0.29, 0.717) is 10.6 Å². The van der Waals surface area contributed by atoms with Gasteiger partial charge in [0.15, 0.2) is 0 Å². The van der Waals surface area contributed by atoms with E-state index in [0.717, 1.165) is 0 Å². The highest BCUT2D eigenvalue weighted by molar-refractivity contribution is 6.30. The summed E-state index contributed by atoms with van der Waals surface area (Å²) in [7, 11) is 0. The lowest BCUT2D eigenvalue weighted by Crippen LogP contribution is -2.36. The molecule has 108 valence electrons. The van der Waals surface area contributed by atoms with Gasteiger partial charge in [-0.2, -0.15) is 8.78 Å². The lowest BCUT2D eigenvalue weighted by molar-refractivity contribution is -0.167. The maximum absolute atomic E-state index is 12.6. The van der Waals surface area contributed by atoms with Crippen molar-refractivity contribution in [2.24, 2.45) is 5.84 Å². The molecule has 1 aromatic carbocycles. The van der Waals surface area contributed by atoms with Crippen LogP contribution in [0.5, 0.6) is 0 Å². The van der Waals surface area contributed by atoms with E-state index in [1.165, 1.54) is 0 Å². The molecule has 0 heterocycles. The highest BCUT2D eigenvalue weighted by Gasteiger charge is 2.41. The number of nitrogens with one attached hydrogen (secondary N) is 1. The smallest absolute Gasteiger partial charge is 0.330 e. The fraction of sp³-hybridized carbons (Fsp3) is 0.455. The van der Waals surface area contributed by atoms with Gasteiger partial charge < -0.3 is 4.74 Å². The summed E-state index contributed by atoms with van der Waals surface area (Å²) < 4.78 is 53.6. The highest BCUT2D eigenvalue weighted by atomic mass is 35.5. The zero-order valence-electron chi connectivity index (χ0n) is 9.75. The van der Waals surface area contributed by atoms with Crippen LogP contribution in [0.3, 0.4) is 0 Å². The molecule has 1 aromatic rings. The number of ether oxygens (including phenoxy) is 1. The number of alkyl halides is 4. The average molecular weight is 301 g/mol. The van der Waals surface area contributed by atoms with Crippen molar-refractivity contribution >= 4 is 11.6 Å². The van der Waals surface area contributed by atoms with E-state index in [1.807, 2.05) is 0 Å². The standard InChI is InChI=1S/C11H13ClF4N2O/c12-8-3-1-2-7(4-8)9(18-17)5-19-6-11(15,16)10(13)14/h1-4,9-10,18H,5-6,17H2. The first kappa shape index (κ1) is 16.2. The quantitative estimate of drug-likeness (QED) is 0.462. The fourth-order valence-electron chi connectivity index (χ4n) is 1.34. The molecule has 0 saturated heterocycles. The molecule has 8 heteroatoms. The normalized spacial score (nSPS) is 13.8. The summed E-state index contributed by atoms with van der Waals surface area (Å²) in [6.07, 6.45) is -3.76. The van der Waals surface area contributed by atoms with Crippen LogP contribution in [0.15, 0.2) is 24.3 Å². The predicted octanol–water partition coefficient (Wildman–Crippen LogP) is 2.76. The van der Waals surface area contributed by atoms with Crippen LogP contribution in [0, 0.1) is 0 Å². The van der Waals surface area contributed by atoms with Gasteiger partial charge in [0, 0.05) is 5.02 Å². The Morgan fingerprint density at radius 2 is 2.05 bits per heavy atom. The number of benzene rings is 1. The van der Waals surface area contributed by atoms with Crippen LogP contribution in [-0.4, -0.2) is 25.6 Å². The minimum Gasteiger partial charge on any atom is -0.373 e. The second-order valence-corrected chi connectivity index (χ2v) is 4.29.